The van der Waals surface area contributed by atoms with Crippen LogP contribution in [0.3, 0.4) is 0 Å². The van der Waals surface area contributed by atoms with Gasteiger partial charge in [-0.25, -0.2) is 0 Å². The number of esters is 2. The topological polar surface area (TPSA) is 52.6 Å². The summed E-state index contributed by atoms with van der Waals surface area (Å²) in [6, 6.07) is 0. The zero-order chi connectivity index (χ0) is 14.7. The molecule has 0 rings (SSSR count). The minimum Gasteiger partial charge on any atom is -0.466 e. The number of ether oxygens (including phenoxy) is 2. The van der Waals surface area contributed by atoms with Crippen molar-refractivity contribution in [3.63, 3.8) is 0 Å². The lowest BCUT2D eigenvalue weighted by Crippen LogP contribution is -2.20. The molecular weight excluding hydrogens is 265 g/mol. The van der Waals surface area contributed by atoms with Crippen molar-refractivity contribution in [1.82, 2.24) is 0 Å². The number of unbranched alkanes of at least 4 members (excludes halogenated alkanes) is 3. The molecule has 0 heterocycles. The van der Waals surface area contributed by atoms with E-state index in [-0.39, 0.29) is 13.0 Å². The van der Waals surface area contributed by atoms with E-state index in [0.29, 0.717) is 0 Å². The van der Waals surface area contributed by atoms with Crippen molar-refractivity contribution in [2.24, 2.45) is 0 Å². The molecule has 0 aliphatic rings. The highest BCUT2D eigenvalue weighted by Gasteiger charge is 2.29. The zero-order valence-electron chi connectivity index (χ0n) is 10.9. The van der Waals surface area contributed by atoms with Crippen LogP contribution in [0.1, 0.15) is 45.4 Å². The van der Waals surface area contributed by atoms with Crippen LogP contribution in [0.25, 0.3) is 0 Å². The van der Waals surface area contributed by atoms with Gasteiger partial charge in [0.1, 0.15) is 0 Å². The summed E-state index contributed by atoms with van der Waals surface area (Å²) in [6.07, 6.45) is -1.38. The first kappa shape index (κ1) is 17.7. The first-order chi connectivity index (χ1) is 8.85. The molecule has 0 spiro atoms. The van der Waals surface area contributed by atoms with Gasteiger partial charge < -0.3 is 9.47 Å². The molecule has 0 aromatic heterocycles. The third kappa shape index (κ3) is 13.0. The van der Waals surface area contributed by atoms with E-state index in [9.17, 15) is 22.8 Å². The van der Waals surface area contributed by atoms with Crippen LogP contribution < -0.4 is 0 Å². The maximum absolute atomic E-state index is 11.7. The Morgan fingerprint density at radius 1 is 0.947 bits per heavy atom. The number of carbonyl (C=O) groups excluding carboxylic acids is 2. The van der Waals surface area contributed by atoms with Crippen LogP contribution in [-0.4, -0.2) is 31.3 Å². The van der Waals surface area contributed by atoms with E-state index in [1.54, 1.807) is 0 Å². The standard InChI is InChI=1S/C12H19F3O4/c1-2-3-4-5-8-18-10(16)6-7-11(17)19-9-12(13,14)15/h2-9H2,1H3. The average molecular weight is 284 g/mol. The Balaban J connectivity index is 3.53. The smallest absolute Gasteiger partial charge is 0.422 e. The number of carbonyl (C=O) groups is 2. The Morgan fingerprint density at radius 2 is 1.53 bits per heavy atom. The number of halogens is 3. The van der Waals surface area contributed by atoms with Crippen molar-refractivity contribution < 1.29 is 32.2 Å². The average Bonchev–Trinajstić information content (AvgIpc) is 2.32. The molecular formula is C12H19F3O4. The van der Waals surface area contributed by atoms with Crippen LogP contribution in [0.15, 0.2) is 0 Å². The third-order valence-electron chi connectivity index (χ3n) is 2.19. The van der Waals surface area contributed by atoms with Gasteiger partial charge in [-0.15, -0.1) is 0 Å². The molecule has 0 saturated heterocycles. The van der Waals surface area contributed by atoms with Gasteiger partial charge in [0.2, 0.25) is 0 Å². The Morgan fingerprint density at radius 3 is 2.05 bits per heavy atom. The van der Waals surface area contributed by atoms with Crippen molar-refractivity contribution in [2.45, 2.75) is 51.6 Å². The van der Waals surface area contributed by atoms with Gasteiger partial charge >= 0.3 is 18.1 Å². The summed E-state index contributed by atoms with van der Waals surface area (Å²) in [5.74, 6) is -1.65. The fourth-order valence-corrected chi connectivity index (χ4v) is 1.23. The fraction of sp³-hybridized carbons (Fsp3) is 0.833. The van der Waals surface area contributed by atoms with Crippen molar-refractivity contribution >= 4 is 11.9 Å². The van der Waals surface area contributed by atoms with E-state index in [1.165, 1.54) is 0 Å². The maximum atomic E-state index is 11.7. The molecule has 0 unspecified atom stereocenters. The van der Waals surface area contributed by atoms with E-state index in [1.807, 2.05) is 0 Å². The van der Waals surface area contributed by atoms with E-state index in [2.05, 4.69) is 11.7 Å². The number of rotatable bonds is 9. The highest BCUT2D eigenvalue weighted by Crippen LogP contribution is 2.14. The first-order valence-corrected chi connectivity index (χ1v) is 6.23. The Labute approximate surface area is 110 Å². The molecule has 112 valence electrons. The molecule has 7 heteroatoms. The molecule has 0 radical (unpaired) electrons. The SMILES string of the molecule is CCCCCCOC(=O)CCC(=O)OCC(F)(F)F. The van der Waals surface area contributed by atoms with E-state index < -0.39 is 31.1 Å². The van der Waals surface area contributed by atoms with Crippen LogP contribution in [0.5, 0.6) is 0 Å². The van der Waals surface area contributed by atoms with Crippen molar-refractivity contribution in [2.75, 3.05) is 13.2 Å². The van der Waals surface area contributed by atoms with Crippen LogP contribution in [0, 0.1) is 0 Å². The molecule has 0 saturated carbocycles. The van der Waals surface area contributed by atoms with E-state index in [4.69, 9.17) is 4.74 Å². The second-order valence-electron chi connectivity index (χ2n) is 4.06. The normalized spacial score (nSPS) is 11.2. The lowest BCUT2D eigenvalue weighted by molar-refractivity contribution is -0.186. The molecule has 0 aromatic carbocycles. The van der Waals surface area contributed by atoms with Crippen LogP contribution in [-0.2, 0) is 19.1 Å². The van der Waals surface area contributed by atoms with Gasteiger partial charge in [-0.1, -0.05) is 26.2 Å². The van der Waals surface area contributed by atoms with Crippen molar-refractivity contribution in [3.05, 3.63) is 0 Å². The largest absolute Gasteiger partial charge is 0.466 e. The molecule has 0 aliphatic carbocycles. The zero-order valence-corrected chi connectivity index (χ0v) is 10.9. The monoisotopic (exact) mass is 284 g/mol. The molecule has 0 N–H and O–H groups in total. The fourth-order valence-electron chi connectivity index (χ4n) is 1.23. The van der Waals surface area contributed by atoms with Crippen LogP contribution in [0.2, 0.25) is 0 Å². The molecule has 0 aromatic rings. The maximum Gasteiger partial charge on any atom is 0.422 e. The summed E-state index contributed by atoms with van der Waals surface area (Å²) in [6.45, 7) is 0.701. The molecule has 19 heavy (non-hydrogen) atoms. The second-order valence-corrected chi connectivity index (χ2v) is 4.06. The highest BCUT2D eigenvalue weighted by molar-refractivity contribution is 5.77. The van der Waals surface area contributed by atoms with Crippen LogP contribution in [0.4, 0.5) is 13.2 Å². The van der Waals surface area contributed by atoms with Gasteiger partial charge in [-0.2, -0.15) is 13.2 Å². The van der Waals surface area contributed by atoms with Gasteiger partial charge in [0.15, 0.2) is 6.61 Å². The van der Waals surface area contributed by atoms with E-state index >= 15 is 0 Å². The quantitative estimate of drug-likeness (QED) is 0.482. The van der Waals surface area contributed by atoms with Gasteiger partial charge in [-0.3, -0.25) is 9.59 Å². The predicted octanol–water partition coefficient (Wildman–Crippen LogP) is 3.00. The molecule has 0 fully saturated rings. The predicted molar refractivity (Wildman–Crippen MR) is 61.3 cm³/mol. The molecule has 0 bridgehead atoms. The van der Waals surface area contributed by atoms with Gasteiger partial charge in [0, 0.05) is 0 Å². The lowest BCUT2D eigenvalue weighted by atomic mass is 10.2. The number of hydrogen-bond donors (Lipinski definition) is 0. The Kier molecular flexibility index (Phi) is 8.99. The van der Waals surface area contributed by atoms with E-state index in [0.717, 1.165) is 25.7 Å². The van der Waals surface area contributed by atoms with Crippen molar-refractivity contribution in [1.29, 1.82) is 0 Å². The summed E-state index contributed by atoms with van der Waals surface area (Å²) >= 11 is 0. The summed E-state index contributed by atoms with van der Waals surface area (Å²) in [7, 11) is 0. The van der Waals surface area contributed by atoms with Gasteiger partial charge in [0.05, 0.1) is 19.4 Å². The van der Waals surface area contributed by atoms with Crippen molar-refractivity contribution in [3.8, 4) is 0 Å². The van der Waals surface area contributed by atoms with Gasteiger partial charge in [-0.05, 0) is 6.42 Å². The summed E-state index contributed by atoms with van der Waals surface area (Å²) in [5, 5.41) is 0. The van der Waals surface area contributed by atoms with Crippen LogP contribution >= 0.6 is 0 Å². The Hall–Kier alpha value is -1.27. The number of alkyl halides is 3. The summed E-state index contributed by atoms with van der Waals surface area (Å²) in [4.78, 5) is 22.0. The Bertz CT molecular complexity index is 277. The first-order valence-electron chi connectivity index (χ1n) is 6.23. The molecule has 0 amide bonds. The lowest BCUT2D eigenvalue weighted by Gasteiger charge is -2.07. The van der Waals surface area contributed by atoms with Gasteiger partial charge in [0.25, 0.3) is 0 Å². The number of hydrogen-bond acceptors (Lipinski definition) is 4. The summed E-state index contributed by atoms with van der Waals surface area (Å²) < 4.78 is 43.9. The molecule has 4 nitrogen and oxygen atoms in total. The second kappa shape index (κ2) is 9.63. The highest BCUT2D eigenvalue weighted by atomic mass is 19.4. The third-order valence-corrected chi connectivity index (χ3v) is 2.19. The minimum absolute atomic E-state index is 0.259. The minimum atomic E-state index is -4.55. The molecule has 0 atom stereocenters. The summed E-state index contributed by atoms with van der Waals surface area (Å²) in [5.41, 5.74) is 0. The molecule has 0 aliphatic heterocycles.